The van der Waals surface area contributed by atoms with Crippen LogP contribution in [0.25, 0.3) is 27.8 Å². The third-order valence-electron chi connectivity index (χ3n) is 5.53. The Labute approximate surface area is 198 Å². The maximum absolute atomic E-state index is 13.4. The molecule has 0 bridgehead atoms. The molecule has 0 atom stereocenters. The number of ketones is 1. The number of aromatic nitrogens is 4. The number of aromatic carboxylic acids is 1. The van der Waals surface area contributed by atoms with Crippen LogP contribution in [0.3, 0.4) is 0 Å². The van der Waals surface area contributed by atoms with E-state index < -0.39 is 5.97 Å². The van der Waals surface area contributed by atoms with Crippen LogP contribution in [0.4, 0.5) is 0 Å². The number of fused-ring (bicyclic) bond motifs is 1. The summed E-state index contributed by atoms with van der Waals surface area (Å²) in [5.41, 5.74) is 4.56. The molecule has 4 heterocycles. The average Bonchev–Trinajstić information content (AvgIpc) is 3.37. The lowest BCUT2D eigenvalue weighted by Gasteiger charge is -2.07. The minimum atomic E-state index is -1.15. The fraction of sp³-hybridized carbons (Fsp3) is 0.0800. The number of nitrogens with zero attached hydrogens (tertiary/aromatic N) is 4. The summed E-state index contributed by atoms with van der Waals surface area (Å²) in [7, 11) is 0. The van der Waals surface area contributed by atoms with Crippen molar-refractivity contribution in [3.05, 3.63) is 94.4 Å². The predicted molar refractivity (Wildman–Crippen MR) is 126 cm³/mol. The van der Waals surface area contributed by atoms with Gasteiger partial charge in [-0.25, -0.2) is 9.78 Å². The molecular formula is C25H17ClN4O4. The molecular weight excluding hydrogens is 456 g/mol. The lowest BCUT2D eigenvalue weighted by Crippen LogP contribution is -2.03. The highest BCUT2D eigenvalue weighted by Crippen LogP contribution is 2.32. The molecule has 168 valence electrons. The second-order valence-electron chi connectivity index (χ2n) is 7.75. The monoisotopic (exact) mass is 472 g/mol. The van der Waals surface area contributed by atoms with Gasteiger partial charge in [0.2, 0.25) is 0 Å². The van der Waals surface area contributed by atoms with Crippen LogP contribution < -0.4 is 0 Å². The van der Waals surface area contributed by atoms with Gasteiger partial charge in [0.25, 0.3) is 0 Å². The summed E-state index contributed by atoms with van der Waals surface area (Å²) in [4.78, 5) is 33.4. The Morgan fingerprint density at radius 3 is 2.62 bits per heavy atom. The number of aryl methyl sites for hydroxylation is 2. The summed E-state index contributed by atoms with van der Waals surface area (Å²) in [6.45, 7) is 3.65. The standard InChI is InChI=1S/C25H17ClN4O4/c1-13-22(14(2)34-29-13)16-9-21-23(28-11-16)19(24(31)15-4-3-5-17(26)8-15)12-30(21)18-6-7-27-20(10-18)25(32)33/h3-12H,1-2H3,(H,32,33). The third kappa shape index (κ3) is 3.64. The predicted octanol–water partition coefficient (Wildman–Crippen LogP) is 5.27. The number of hydrogen-bond acceptors (Lipinski definition) is 6. The molecule has 0 radical (unpaired) electrons. The largest absolute Gasteiger partial charge is 0.477 e. The van der Waals surface area contributed by atoms with Crippen LogP contribution in [0.15, 0.2) is 65.6 Å². The van der Waals surface area contributed by atoms with Crippen molar-refractivity contribution >= 4 is 34.4 Å². The highest BCUT2D eigenvalue weighted by atomic mass is 35.5. The van der Waals surface area contributed by atoms with E-state index in [0.29, 0.717) is 44.3 Å². The first kappa shape index (κ1) is 21.5. The minimum Gasteiger partial charge on any atom is -0.477 e. The summed E-state index contributed by atoms with van der Waals surface area (Å²) in [5, 5.41) is 13.9. The number of carbonyl (C=O) groups is 2. The van der Waals surface area contributed by atoms with Crippen molar-refractivity contribution in [1.29, 1.82) is 0 Å². The molecule has 0 saturated carbocycles. The van der Waals surface area contributed by atoms with Gasteiger partial charge in [-0.3, -0.25) is 9.78 Å². The third-order valence-corrected chi connectivity index (χ3v) is 5.77. The molecule has 5 rings (SSSR count). The van der Waals surface area contributed by atoms with Gasteiger partial charge < -0.3 is 14.2 Å². The van der Waals surface area contributed by atoms with Crippen LogP contribution >= 0.6 is 11.6 Å². The molecule has 0 unspecified atom stereocenters. The van der Waals surface area contributed by atoms with Crippen molar-refractivity contribution in [3.63, 3.8) is 0 Å². The summed E-state index contributed by atoms with van der Waals surface area (Å²) >= 11 is 6.10. The van der Waals surface area contributed by atoms with Crippen molar-refractivity contribution in [2.45, 2.75) is 13.8 Å². The van der Waals surface area contributed by atoms with Crippen molar-refractivity contribution in [1.82, 2.24) is 19.7 Å². The van der Waals surface area contributed by atoms with E-state index in [1.54, 1.807) is 47.3 Å². The molecule has 1 N–H and O–H groups in total. The van der Waals surface area contributed by atoms with Gasteiger partial charge in [0.05, 0.1) is 22.3 Å². The number of rotatable bonds is 5. The second-order valence-corrected chi connectivity index (χ2v) is 8.18. The van der Waals surface area contributed by atoms with Crippen LogP contribution in [0, 0.1) is 13.8 Å². The number of pyridine rings is 2. The number of carboxylic acid groups (broad SMARTS) is 1. The van der Waals surface area contributed by atoms with Crippen LogP contribution in [0.1, 0.15) is 37.9 Å². The molecule has 0 spiro atoms. The molecule has 9 heteroatoms. The highest BCUT2D eigenvalue weighted by molar-refractivity contribution is 6.31. The van der Waals surface area contributed by atoms with Gasteiger partial charge in [0, 0.05) is 46.0 Å². The number of carbonyl (C=O) groups excluding carboxylic acids is 1. The zero-order valence-corrected chi connectivity index (χ0v) is 18.9. The van der Waals surface area contributed by atoms with E-state index in [4.69, 9.17) is 16.1 Å². The maximum atomic E-state index is 13.4. The van der Waals surface area contributed by atoms with Crippen LogP contribution in [-0.2, 0) is 0 Å². The first-order valence-electron chi connectivity index (χ1n) is 10.3. The summed E-state index contributed by atoms with van der Waals surface area (Å²) in [6, 6.07) is 11.7. The molecule has 5 aromatic rings. The average molecular weight is 473 g/mol. The molecule has 0 aliphatic carbocycles. The normalized spacial score (nSPS) is 11.1. The molecule has 1 aromatic carbocycles. The minimum absolute atomic E-state index is 0.114. The Kier molecular flexibility index (Phi) is 5.22. The van der Waals surface area contributed by atoms with E-state index in [0.717, 1.165) is 11.1 Å². The molecule has 4 aromatic heterocycles. The van der Waals surface area contributed by atoms with Crippen molar-refractivity contribution in [2.75, 3.05) is 0 Å². The van der Waals surface area contributed by atoms with Gasteiger partial charge in [-0.1, -0.05) is 28.9 Å². The quantitative estimate of drug-likeness (QED) is 0.346. The molecule has 0 amide bonds. The van der Waals surface area contributed by atoms with E-state index in [2.05, 4.69) is 15.1 Å². The lowest BCUT2D eigenvalue weighted by atomic mass is 10.0. The van der Waals surface area contributed by atoms with Gasteiger partial charge in [-0.2, -0.15) is 0 Å². The highest BCUT2D eigenvalue weighted by Gasteiger charge is 2.21. The Morgan fingerprint density at radius 2 is 1.91 bits per heavy atom. The van der Waals surface area contributed by atoms with Gasteiger partial charge in [0.1, 0.15) is 11.5 Å². The molecule has 34 heavy (non-hydrogen) atoms. The van der Waals surface area contributed by atoms with Gasteiger partial charge >= 0.3 is 5.97 Å². The first-order valence-corrected chi connectivity index (χ1v) is 10.7. The Morgan fingerprint density at radius 1 is 1.09 bits per heavy atom. The van der Waals surface area contributed by atoms with Gasteiger partial charge in [0.15, 0.2) is 5.78 Å². The van der Waals surface area contributed by atoms with Crippen molar-refractivity contribution in [3.8, 4) is 16.8 Å². The Hall–Kier alpha value is -4.30. The number of halogens is 1. The van der Waals surface area contributed by atoms with E-state index in [1.807, 2.05) is 19.9 Å². The fourth-order valence-electron chi connectivity index (χ4n) is 3.99. The lowest BCUT2D eigenvalue weighted by molar-refractivity contribution is 0.0690. The summed E-state index contributed by atoms with van der Waals surface area (Å²) in [6.07, 6.45) is 4.73. The molecule has 0 saturated heterocycles. The SMILES string of the molecule is Cc1noc(C)c1-c1cnc2c(C(=O)c3cccc(Cl)c3)cn(-c3ccnc(C(=O)O)c3)c2c1. The zero-order valence-electron chi connectivity index (χ0n) is 18.1. The van der Waals surface area contributed by atoms with Crippen LogP contribution in [0.2, 0.25) is 5.02 Å². The summed E-state index contributed by atoms with van der Waals surface area (Å²) < 4.78 is 7.04. The first-order chi connectivity index (χ1) is 16.3. The maximum Gasteiger partial charge on any atom is 0.354 e. The van der Waals surface area contributed by atoms with Crippen molar-refractivity contribution < 1.29 is 19.2 Å². The van der Waals surface area contributed by atoms with E-state index in [1.165, 1.54) is 12.3 Å². The smallest absolute Gasteiger partial charge is 0.354 e. The summed E-state index contributed by atoms with van der Waals surface area (Å²) in [5.74, 6) is -0.761. The molecule has 8 nitrogen and oxygen atoms in total. The van der Waals surface area contributed by atoms with Gasteiger partial charge in [-0.15, -0.1) is 0 Å². The zero-order chi connectivity index (χ0) is 24.0. The van der Waals surface area contributed by atoms with E-state index in [9.17, 15) is 14.7 Å². The van der Waals surface area contributed by atoms with Crippen LogP contribution in [-0.4, -0.2) is 36.6 Å². The Bertz CT molecular complexity index is 1580. The second kappa shape index (κ2) is 8.24. The van der Waals surface area contributed by atoms with Crippen LogP contribution in [0.5, 0.6) is 0 Å². The van der Waals surface area contributed by atoms with Gasteiger partial charge in [-0.05, 0) is 44.2 Å². The number of benzene rings is 1. The number of carboxylic acids is 1. The van der Waals surface area contributed by atoms with E-state index >= 15 is 0 Å². The number of hydrogen-bond donors (Lipinski definition) is 1. The van der Waals surface area contributed by atoms with E-state index in [-0.39, 0.29) is 11.5 Å². The topological polar surface area (TPSA) is 111 Å². The van der Waals surface area contributed by atoms with Crippen molar-refractivity contribution in [2.24, 2.45) is 0 Å². The molecule has 0 aliphatic rings. The molecule has 0 fully saturated rings. The fourth-order valence-corrected chi connectivity index (χ4v) is 4.18. The molecule has 0 aliphatic heterocycles. The Balaban J connectivity index is 1.77.